The van der Waals surface area contributed by atoms with Crippen LogP contribution in [0.2, 0.25) is 0 Å². The molecular formula is C8H16N2O3. The zero-order chi connectivity index (χ0) is 9.68. The van der Waals surface area contributed by atoms with Crippen LogP contribution >= 0.6 is 0 Å². The number of piperidine rings is 1. The molecule has 3 N–H and O–H groups in total. The molecular weight excluding hydrogens is 172 g/mol. The number of likely N-dealkylation sites (tertiary alicyclic amines) is 1. The van der Waals surface area contributed by atoms with E-state index in [1.807, 2.05) is 0 Å². The van der Waals surface area contributed by atoms with Crippen molar-refractivity contribution in [1.82, 2.24) is 4.90 Å². The summed E-state index contributed by atoms with van der Waals surface area (Å²) in [7, 11) is 0. The van der Waals surface area contributed by atoms with Gasteiger partial charge in [0, 0.05) is 19.1 Å². The Bertz CT molecular complexity index is 175. The fourth-order valence-corrected chi connectivity index (χ4v) is 1.40. The van der Waals surface area contributed by atoms with Crippen LogP contribution in [0.5, 0.6) is 0 Å². The van der Waals surface area contributed by atoms with Crippen LogP contribution in [-0.4, -0.2) is 48.4 Å². The molecule has 76 valence electrons. The predicted molar refractivity (Wildman–Crippen MR) is 47.2 cm³/mol. The van der Waals surface area contributed by atoms with E-state index in [4.69, 9.17) is 15.6 Å². The van der Waals surface area contributed by atoms with Crippen molar-refractivity contribution in [2.24, 2.45) is 5.73 Å². The van der Waals surface area contributed by atoms with Gasteiger partial charge in [0.2, 0.25) is 0 Å². The second-order valence-electron chi connectivity index (χ2n) is 3.19. The van der Waals surface area contributed by atoms with E-state index in [9.17, 15) is 4.79 Å². The van der Waals surface area contributed by atoms with Gasteiger partial charge in [0.1, 0.15) is 6.61 Å². The van der Waals surface area contributed by atoms with Gasteiger partial charge < -0.3 is 20.5 Å². The molecule has 1 heterocycles. The number of aliphatic hydroxyl groups excluding tert-OH is 1. The molecule has 0 aromatic rings. The van der Waals surface area contributed by atoms with Crippen LogP contribution in [0.4, 0.5) is 4.79 Å². The Morgan fingerprint density at radius 2 is 2.46 bits per heavy atom. The van der Waals surface area contributed by atoms with E-state index in [1.54, 1.807) is 4.90 Å². The second-order valence-corrected chi connectivity index (χ2v) is 3.19. The summed E-state index contributed by atoms with van der Waals surface area (Å²) >= 11 is 0. The first kappa shape index (κ1) is 10.3. The Labute approximate surface area is 77.5 Å². The molecule has 5 heteroatoms. The summed E-state index contributed by atoms with van der Waals surface area (Å²) in [6.45, 7) is 1.19. The lowest BCUT2D eigenvalue weighted by Gasteiger charge is -2.29. The molecule has 0 spiro atoms. The fraction of sp³-hybridized carbons (Fsp3) is 0.875. The van der Waals surface area contributed by atoms with Gasteiger partial charge in [-0.05, 0) is 12.8 Å². The van der Waals surface area contributed by atoms with Crippen LogP contribution in [0.1, 0.15) is 12.8 Å². The van der Waals surface area contributed by atoms with Gasteiger partial charge in [0.05, 0.1) is 6.61 Å². The Morgan fingerprint density at radius 1 is 1.69 bits per heavy atom. The Hall–Kier alpha value is -0.810. The van der Waals surface area contributed by atoms with Gasteiger partial charge in [0.25, 0.3) is 0 Å². The van der Waals surface area contributed by atoms with Crippen LogP contribution in [0.15, 0.2) is 0 Å². The Kier molecular flexibility index (Phi) is 3.98. The highest BCUT2D eigenvalue weighted by molar-refractivity contribution is 5.67. The lowest BCUT2D eigenvalue weighted by Crippen LogP contribution is -2.46. The molecule has 1 aliphatic heterocycles. The average Bonchev–Trinajstić information content (AvgIpc) is 2.14. The monoisotopic (exact) mass is 188 g/mol. The first-order valence-electron chi connectivity index (χ1n) is 4.52. The zero-order valence-corrected chi connectivity index (χ0v) is 7.61. The van der Waals surface area contributed by atoms with Gasteiger partial charge >= 0.3 is 6.09 Å². The van der Waals surface area contributed by atoms with E-state index in [0.29, 0.717) is 13.1 Å². The second kappa shape index (κ2) is 5.04. The molecule has 1 unspecified atom stereocenters. The molecule has 0 radical (unpaired) electrons. The third kappa shape index (κ3) is 3.20. The third-order valence-electron chi connectivity index (χ3n) is 2.03. The van der Waals surface area contributed by atoms with Crippen molar-refractivity contribution in [3.8, 4) is 0 Å². The molecule has 13 heavy (non-hydrogen) atoms. The Balaban J connectivity index is 2.28. The lowest BCUT2D eigenvalue weighted by molar-refractivity contribution is 0.0761. The summed E-state index contributed by atoms with van der Waals surface area (Å²) in [5.41, 5.74) is 5.69. The summed E-state index contributed by atoms with van der Waals surface area (Å²) in [4.78, 5) is 12.8. The van der Waals surface area contributed by atoms with Gasteiger partial charge in [-0.25, -0.2) is 4.79 Å². The fourth-order valence-electron chi connectivity index (χ4n) is 1.40. The molecule has 0 aliphatic carbocycles. The van der Waals surface area contributed by atoms with Crippen LogP contribution in [0.3, 0.4) is 0 Å². The van der Waals surface area contributed by atoms with E-state index in [1.165, 1.54) is 0 Å². The molecule has 0 aromatic carbocycles. The molecule has 0 bridgehead atoms. The molecule has 1 amide bonds. The number of aliphatic hydroxyl groups is 1. The van der Waals surface area contributed by atoms with Crippen molar-refractivity contribution < 1.29 is 14.6 Å². The number of carbonyl (C=O) groups is 1. The minimum atomic E-state index is -0.371. The first-order chi connectivity index (χ1) is 6.24. The van der Waals surface area contributed by atoms with Crippen molar-refractivity contribution in [3.05, 3.63) is 0 Å². The SMILES string of the molecule is NC1CCCN(C(=O)OCCO)C1. The molecule has 1 aliphatic rings. The zero-order valence-electron chi connectivity index (χ0n) is 7.61. The predicted octanol–water partition coefficient (Wildman–Crippen LogP) is -0.462. The van der Waals surface area contributed by atoms with Gasteiger partial charge in [-0.2, -0.15) is 0 Å². The van der Waals surface area contributed by atoms with Gasteiger partial charge in [-0.1, -0.05) is 0 Å². The van der Waals surface area contributed by atoms with E-state index in [0.717, 1.165) is 12.8 Å². The van der Waals surface area contributed by atoms with Crippen LogP contribution in [0, 0.1) is 0 Å². The van der Waals surface area contributed by atoms with E-state index >= 15 is 0 Å². The number of amides is 1. The average molecular weight is 188 g/mol. The lowest BCUT2D eigenvalue weighted by atomic mass is 10.1. The van der Waals surface area contributed by atoms with Crippen molar-refractivity contribution in [3.63, 3.8) is 0 Å². The van der Waals surface area contributed by atoms with Crippen LogP contribution in [-0.2, 0) is 4.74 Å². The van der Waals surface area contributed by atoms with Gasteiger partial charge in [-0.15, -0.1) is 0 Å². The van der Waals surface area contributed by atoms with Crippen LogP contribution < -0.4 is 5.73 Å². The highest BCUT2D eigenvalue weighted by Gasteiger charge is 2.21. The summed E-state index contributed by atoms with van der Waals surface area (Å²) in [5, 5.41) is 8.45. The quantitative estimate of drug-likeness (QED) is 0.614. The first-order valence-corrected chi connectivity index (χ1v) is 4.52. The van der Waals surface area contributed by atoms with Crippen molar-refractivity contribution in [2.75, 3.05) is 26.3 Å². The maximum Gasteiger partial charge on any atom is 0.409 e. The van der Waals surface area contributed by atoms with Crippen molar-refractivity contribution >= 4 is 6.09 Å². The number of hydrogen-bond donors (Lipinski definition) is 2. The molecule has 1 fully saturated rings. The highest BCUT2D eigenvalue weighted by Crippen LogP contribution is 2.08. The van der Waals surface area contributed by atoms with E-state index in [2.05, 4.69) is 0 Å². The number of nitrogens with two attached hydrogens (primary N) is 1. The number of ether oxygens (including phenoxy) is 1. The molecule has 0 aromatic heterocycles. The third-order valence-corrected chi connectivity index (χ3v) is 2.03. The summed E-state index contributed by atoms with van der Waals surface area (Å²) in [5.74, 6) is 0. The van der Waals surface area contributed by atoms with E-state index in [-0.39, 0.29) is 25.3 Å². The smallest absolute Gasteiger partial charge is 0.409 e. The standard InChI is InChI=1S/C8H16N2O3/c9-7-2-1-3-10(6-7)8(12)13-5-4-11/h7,11H,1-6,9H2. The topological polar surface area (TPSA) is 75.8 Å². The number of carbonyl (C=O) groups excluding carboxylic acids is 1. The van der Waals surface area contributed by atoms with Crippen molar-refractivity contribution in [2.45, 2.75) is 18.9 Å². The summed E-state index contributed by atoms with van der Waals surface area (Å²) < 4.78 is 4.76. The molecule has 1 saturated heterocycles. The summed E-state index contributed by atoms with van der Waals surface area (Å²) in [6.07, 6.45) is 1.52. The maximum absolute atomic E-state index is 11.2. The Morgan fingerprint density at radius 3 is 3.08 bits per heavy atom. The minimum absolute atomic E-state index is 0.0601. The normalized spacial score (nSPS) is 22.9. The minimum Gasteiger partial charge on any atom is -0.447 e. The molecule has 5 nitrogen and oxygen atoms in total. The largest absolute Gasteiger partial charge is 0.447 e. The highest BCUT2D eigenvalue weighted by atomic mass is 16.6. The summed E-state index contributed by atoms with van der Waals surface area (Å²) in [6, 6.07) is 0.0652. The van der Waals surface area contributed by atoms with Crippen molar-refractivity contribution in [1.29, 1.82) is 0 Å². The van der Waals surface area contributed by atoms with Gasteiger partial charge in [0.15, 0.2) is 0 Å². The number of rotatable bonds is 2. The molecule has 1 atom stereocenters. The maximum atomic E-state index is 11.2. The molecule has 0 saturated carbocycles. The molecule has 1 rings (SSSR count). The van der Waals surface area contributed by atoms with E-state index < -0.39 is 0 Å². The number of nitrogens with zero attached hydrogens (tertiary/aromatic N) is 1. The number of hydrogen-bond acceptors (Lipinski definition) is 4. The van der Waals surface area contributed by atoms with Crippen LogP contribution in [0.25, 0.3) is 0 Å². The van der Waals surface area contributed by atoms with Gasteiger partial charge in [-0.3, -0.25) is 0 Å².